The number of nitrogens with zero attached hydrogens (tertiary/aromatic N) is 1. The summed E-state index contributed by atoms with van der Waals surface area (Å²) in [5, 5.41) is 11.3. The Hall–Kier alpha value is -1.23. The predicted molar refractivity (Wildman–Crippen MR) is 74.6 cm³/mol. The minimum absolute atomic E-state index is 0.0137. The lowest BCUT2D eigenvalue weighted by molar-refractivity contribution is -0.141. The third kappa shape index (κ3) is 2.56. The van der Waals surface area contributed by atoms with Gasteiger partial charge in [0.05, 0.1) is 28.8 Å². The van der Waals surface area contributed by atoms with Crippen molar-refractivity contribution in [2.75, 3.05) is 7.11 Å². The monoisotopic (exact) mass is 301 g/mol. The first-order valence-electron chi connectivity index (χ1n) is 5.67. The van der Waals surface area contributed by atoms with Crippen LogP contribution in [0, 0.1) is 0 Å². The molecule has 1 heterocycles. The van der Waals surface area contributed by atoms with Crippen LogP contribution < -0.4 is 0 Å². The molecule has 19 heavy (non-hydrogen) atoms. The summed E-state index contributed by atoms with van der Waals surface area (Å²) in [6.45, 7) is 1.67. The van der Waals surface area contributed by atoms with Crippen molar-refractivity contribution in [2.45, 2.75) is 19.6 Å². The van der Waals surface area contributed by atoms with Gasteiger partial charge in [0.1, 0.15) is 6.54 Å². The van der Waals surface area contributed by atoms with E-state index in [1.54, 1.807) is 29.8 Å². The number of esters is 1. The second kappa shape index (κ2) is 5.41. The van der Waals surface area contributed by atoms with E-state index in [0.29, 0.717) is 21.1 Å². The van der Waals surface area contributed by atoms with Gasteiger partial charge in [0.2, 0.25) is 0 Å². The SMILES string of the molecule is COC(=O)Cn1cc(C(C)O)c2ccc(Cl)c(Cl)c21. The van der Waals surface area contributed by atoms with Crippen molar-refractivity contribution in [3.63, 3.8) is 0 Å². The average molecular weight is 302 g/mol. The number of hydrogen-bond donors (Lipinski definition) is 1. The smallest absolute Gasteiger partial charge is 0.325 e. The molecule has 0 saturated carbocycles. The molecule has 6 heteroatoms. The molecule has 2 rings (SSSR count). The van der Waals surface area contributed by atoms with E-state index in [2.05, 4.69) is 4.74 Å². The van der Waals surface area contributed by atoms with Gasteiger partial charge >= 0.3 is 5.97 Å². The van der Waals surface area contributed by atoms with E-state index in [-0.39, 0.29) is 6.54 Å². The molecule has 0 aliphatic carbocycles. The van der Waals surface area contributed by atoms with Gasteiger partial charge in [-0.2, -0.15) is 0 Å². The molecular formula is C13H13Cl2NO3. The number of carbonyl (C=O) groups is 1. The minimum atomic E-state index is -0.668. The van der Waals surface area contributed by atoms with Crippen molar-refractivity contribution in [1.29, 1.82) is 0 Å². The maximum atomic E-state index is 11.4. The molecule has 1 aromatic carbocycles. The van der Waals surface area contributed by atoms with Crippen molar-refractivity contribution >= 4 is 40.1 Å². The van der Waals surface area contributed by atoms with Gasteiger partial charge in [-0.15, -0.1) is 0 Å². The number of methoxy groups -OCH3 is 1. The first kappa shape index (κ1) is 14.2. The summed E-state index contributed by atoms with van der Waals surface area (Å²) in [5.41, 5.74) is 1.31. The van der Waals surface area contributed by atoms with Crippen molar-refractivity contribution in [3.05, 3.63) is 33.9 Å². The third-order valence-electron chi connectivity index (χ3n) is 2.94. The summed E-state index contributed by atoms with van der Waals surface area (Å²) < 4.78 is 6.28. The van der Waals surface area contributed by atoms with Gasteiger partial charge in [0, 0.05) is 17.1 Å². The zero-order valence-corrected chi connectivity index (χ0v) is 12.0. The Kier molecular flexibility index (Phi) is 4.04. The number of fused-ring (bicyclic) bond motifs is 1. The first-order chi connectivity index (χ1) is 8.95. The summed E-state index contributed by atoms with van der Waals surface area (Å²) in [6, 6.07) is 3.44. The molecule has 4 nitrogen and oxygen atoms in total. The van der Waals surface area contributed by atoms with Crippen molar-refractivity contribution in [3.8, 4) is 0 Å². The Morgan fingerprint density at radius 3 is 2.74 bits per heavy atom. The maximum absolute atomic E-state index is 11.4. The molecule has 0 fully saturated rings. The molecule has 0 saturated heterocycles. The lowest BCUT2D eigenvalue weighted by atomic mass is 10.1. The molecule has 0 amide bonds. The summed E-state index contributed by atoms with van der Waals surface area (Å²) >= 11 is 12.2. The molecule has 0 bridgehead atoms. The number of hydrogen-bond acceptors (Lipinski definition) is 3. The third-order valence-corrected chi connectivity index (χ3v) is 3.73. The number of aliphatic hydroxyl groups is 1. The Morgan fingerprint density at radius 1 is 1.47 bits per heavy atom. The van der Waals surface area contributed by atoms with Crippen LogP contribution >= 0.6 is 23.2 Å². The first-order valence-corrected chi connectivity index (χ1v) is 6.43. The number of benzene rings is 1. The van der Waals surface area contributed by atoms with Crippen LogP contribution in [-0.2, 0) is 16.1 Å². The van der Waals surface area contributed by atoms with E-state index < -0.39 is 12.1 Å². The van der Waals surface area contributed by atoms with E-state index >= 15 is 0 Å². The van der Waals surface area contributed by atoms with Crippen LogP contribution in [0.3, 0.4) is 0 Å². The van der Waals surface area contributed by atoms with Gasteiger partial charge in [-0.05, 0) is 13.0 Å². The molecule has 2 aromatic rings. The number of rotatable bonds is 3. The quantitative estimate of drug-likeness (QED) is 0.886. The van der Waals surface area contributed by atoms with Crippen LogP contribution in [-0.4, -0.2) is 22.8 Å². The van der Waals surface area contributed by atoms with Crippen LogP contribution in [0.25, 0.3) is 10.9 Å². The average Bonchev–Trinajstić information content (AvgIpc) is 2.73. The fraction of sp³-hybridized carbons (Fsp3) is 0.308. The predicted octanol–water partition coefficient (Wildman–Crippen LogP) is 3.17. The second-order valence-electron chi connectivity index (χ2n) is 4.22. The molecule has 0 aliphatic heterocycles. The standard InChI is InChI=1S/C13H13Cl2NO3/c1-7(17)9-5-16(6-11(18)19-2)13-8(9)3-4-10(14)12(13)15/h3-5,7,17H,6H2,1-2H3. The maximum Gasteiger partial charge on any atom is 0.325 e. The molecule has 1 unspecified atom stereocenters. The molecule has 102 valence electrons. The highest BCUT2D eigenvalue weighted by molar-refractivity contribution is 6.45. The Bertz CT molecular complexity index is 634. The summed E-state index contributed by atoms with van der Waals surface area (Å²) in [4.78, 5) is 11.4. The van der Waals surface area contributed by atoms with Crippen molar-refractivity contribution < 1.29 is 14.6 Å². The largest absolute Gasteiger partial charge is 0.468 e. The van der Waals surface area contributed by atoms with Crippen molar-refractivity contribution in [2.24, 2.45) is 0 Å². The van der Waals surface area contributed by atoms with Gasteiger partial charge in [0.25, 0.3) is 0 Å². The molecule has 0 aliphatic rings. The number of ether oxygens (including phenoxy) is 1. The van der Waals surface area contributed by atoms with E-state index in [4.69, 9.17) is 23.2 Å². The van der Waals surface area contributed by atoms with Crippen LogP contribution in [0.5, 0.6) is 0 Å². The minimum Gasteiger partial charge on any atom is -0.468 e. The number of aromatic nitrogens is 1. The van der Waals surface area contributed by atoms with Crippen LogP contribution in [0.15, 0.2) is 18.3 Å². The highest BCUT2D eigenvalue weighted by Gasteiger charge is 2.18. The molecule has 1 N–H and O–H groups in total. The molecule has 0 radical (unpaired) electrons. The molecule has 1 atom stereocenters. The van der Waals surface area contributed by atoms with Gasteiger partial charge in [0.15, 0.2) is 0 Å². The summed E-state index contributed by atoms with van der Waals surface area (Å²) in [6.07, 6.45) is 1.02. The van der Waals surface area contributed by atoms with Gasteiger partial charge in [-0.25, -0.2) is 0 Å². The highest BCUT2D eigenvalue weighted by Crippen LogP contribution is 2.35. The molecule has 0 spiro atoms. The second-order valence-corrected chi connectivity index (χ2v) is 5.01. The number of halogens is 2. The Balaban J connectivity index is 2.68. The normalized spacial score (nSPS) is 12.7. The summed E-state index contributed by atoms with van der Waals surface area (Å²) in [7, 11) is 1.32. The zero-order chi connectivity index (χ0) is 14.2. The van der Waals surface area contributed by atoms with E-state index in [9.17, 15) is 9.90 Å². The molecule has 1 aromatic heterocycles. The van der Waals surface area contributed by atoms with E-state index in [1.165, 1.54) is 7.11 Å². The number of aliphatic hydroxyl groups excluding tert-OH is 1. The van der Waals surface area contributed by atoms with Gasteiger partial charge < -0.3 is 14.4 Å². The topological polar surface area (TPSA) is 51.5 Å². The van der Waals surface area contributed by atoms with Crippen LogP contribution in [0.2, 0.25) is 10.0 Å². The van der Waals surface area contributed by atoms with Crippen LogP contribution in [0.1, 0.15) is 18.6 Å². The van der Waals surface area contributed by atoms with Gasteiger partial charge in [-0.3, -0.25) is 4.79 Å². The van der Waals surface area contributed by atoms with Gasteiger partial charge in [-0.1, -0.05) is 29.3 Å². The highest BCUT2D eigenvalue weighted by atomic mass is 35.5. The number of carbonyl (C=O) groups excluding carboxylic acids is 1. The van der Waals surface area contributed by atoms with Crippen molar-refractivity contribution in [1.82, 2.24) is 4.57 Å². The fourth-order valence-electron chi connectivity index (χ4n) is 2.02. The lowest BCUT2D eigenvalue weighted by Gasteiger charge is -2.06. The van der Waals surface area contributed by atoms with E-state index in [1.807, 2.05) is 0 Å². The Morgan fingerprint density at radius 2 is 2.16 bits per heavy atom. The Labute approximate surface area is 120 Å². The van der Waals surface area contributed by atoms with E-state index in [0.717, 1.165) is 5.39 Å². The molecular weight excluding hydrogens is 289 g/mol. The summed E-state index contributed by atoms with van der Waals surface area (Å²) in [5.74, 6) is -0.398. The lowest BCUT2D eigenvalue weighted by Crippen LogP contribution is -2.10. The fourth-order valence-corrected chi connectivity index (χ4v) is 2.44. The zero-order valence-electron chi connectivity index (χ0n) is 10.5. The van der Waals surface area contributed by atoms with Crippen LogP contribution in [0.4, 0.5) is 0 Å².